The first-order valence-electron chi connectivity index (χ1n) is 2.42. The first-order valence-corrected chi connectivity index (χ1v) is 3.65. The van der Waals surface area contributed by atoms with Crippen LogP contribution in [-0.4, -0.2) is 6.26 Å². The van der Waals surface area contributed by atoms with Crippen molar-refractivity contribution in [3.8, 4) is 0 Å². The van der Waals surface area contributed by atoms with Crippen LogP contribution in [0.25, 0.3) is 0 Å². The molecular weight excluding hydrogens is 120 g/mol. The maximum Gasteiger partial charge on any atom is 0.114 e. The summed E-state index contributed by atoms with van der Waals surface area (Å²) < 4.78 is 5.03. The van der Waals surface area contributed by atoms with Crippen LogP contribution in [0.15, 0.2) is 21.6 Å². The lowest BCUT2D eigenvalue weighted by atomic mass is 10.5. The van der Waals surface area contributed by atoms with Gasteiger partial charge in [-0.05, 0) is 19.2 Å². The molecule has 0 atom stereocenters. The van der Waals surface area contributed by atoms with Gasteiger partial charge in [-0.2, -0.15) is 0 Å². The minimum Gasteiger partial charge on any atom is -0.468 e. The summed E-state index contributed by atoms with van der Waals surface area (Å²) in [6.07, 6.45) is 3.75. The maximum atomic E-state index is 5.03. The van der Waals surface area contributed by atoms with Gasteiger partial charge >= 0.3 is 0 Å². The molecule has 1 aromatic heterocycles. The molecule has 0 fully saturated rings. The molecule has 8 heavy (non-hydrogen) atoms. The second-order valence-corrected chi connectivity index (χ2v) is 2.39. The van der Waals surface area contributed by atoms with E-state index in [0.717, 1.165) is 5.76 Å². The predicted octanol–water partition coefficient (Wildman–Crippen LogP) is 2.31. The Hall–Kier alpha value is -0.370. The monoisotopic (exact) mass is 128 g/mol. The quantitative estimate of drug-likeness (QED) is 0.538. The second-order valence-electron chi connectivity index (χ2n) is 1.55. The Kier molecular flexibility index (Phi) is 1.63. The third-order valence-electron chi connectivity index (χ3n) is 1.03. The first kappa shape index (κ1) is 5.76. The molecule has 0 radical (unpaired) electrons. The zero-order valence-electron chi connectivity index (χ0n) is 4.97. The fourth-order valence-corrected chi connectivity index (χ4v) is 1.11. The van der Waals surface area contributed by atoms with E-state index in [1.54, 1.807) is 18.0 Å². The van der Waals surface area contributed by atoms with Gasteiger partial charge < -0.3 is 4.42 Å². The molecule has 0 unspecified atom stereocenters. The van der Waals surface area contributed by atoms with E-state index in [0.29, 0.717) is 0 Å². The van der Waals surface area contributed by atoms with Gasteiger partial charge in [-0.3, -0.25) is 0 Å². The molecule has 1 heterocycles. The van der Waals surface area contributed by atoms with Crippen LogP contribution < -0.4 is 0 Å². The summed E-state index contributed by atoms with van der Waals surface area (Å²) in [5, 5.41) is 0. The normalized spacial score (nSPS) is 9.75. The molecule has 0 N–H and O–H groups in total. The van der Waals surface area contributed by atoms with E-state index in [1.165, 1.54) is 4.90 Å². The van der Waals surface area contributed by atoms with Crippen LogP contribution in [0.5, 0.6) is 0 Å². The molecule has 0 spiro atoms. The van der Waals surface area contributed by atoms with Crippen LogP contribution in [0.1, 0.15) is 5.76 Å². The zero-order chi connectivity index (χ0) is 5.98. The molecule has 0 aliphatic heterocycles. The SMILES string of the molecule is CSc1ccoc1C. The van der Waals surface area contributed by atoms with Crippen molar-refractivity contribution in [2.45, 2.75) is 11.8 Å². The molecule has 1 aromatic rings. The van der Waals surface area contributed by atoms with E-state index in [1.807, 2.05) is 19.2 Å². The Morgan fingerprint density at radius 3 is 2.62 bits per heavy atom. The fraction of sp³-hybridized carbons (Fsp3) is 0.333. The van der Waals surface area contributed by atoms with Crippen LogP contribution in [0.4, 0.5) is 0 Å². The highest BCUT2D eigenvalue weighted by Crippen LogP contribution is 2.19. The van der Waals surface area contributed by atoms with Gasteiger partial charge in [-0.15, -0.1) is 11.8 Å². The summed E-state index contributed by atoms with van der Waals surface area (Å²) in [6.45, 7) is 1.96. The molecule has 44 valence electrons. The fourth-order valence-electron chi connectivity index (χ4n) is 0.585. The number of rotatable bonds is 1. The highest BCUT2D eigenvalue weighted by Gasteiger charge is 1.95. The smallest absolute Gasteiger partial charge is 0.114 e. The van der Waals surface area contributed by atoms with Gasteiger partial charge in [-0.25, -0.2) is 0 Å². The van der Waals surface area contributed by atoms with Gasteiger partial charge in [-0.1, -0.05) is 0 Å². The van der Waals surface area contributed by atoms with Crippen molar-refractivity contribution < 1.29 is 4.42 Å². The van der Waals surface area contributed by atoms with E-state index in [2.05, 4.69) is 0 Å². The van der Waals surface area contributed by atoms with Crippen LogP contribution >= 0.6 is 11.8 Å². The average Bonchev–Trinajstić information content (AvgIpc) is 2.14. The molecule has 0 aliphatic carbocycles. The van der Waals surface area contributed by atoms with Crippen LogP contribution in [0.3, 0.4) is 0 Å². The third kappa shape index (κ3) is 0.892. The van der Waals surface area contributed by atoms with Crippen molar-refractivity contribution in [1.29, 1.82) is 0 Å². The lowest BCUT2D eigenvalue weighted by Gasteiger charge is -1.86. The predicted molar refractivity (Wildman–Crippen MR) is 35.2 cm³/mol. The summed E-state index contributed by atoms with van der Waals surface area (Å²) in [5.41, 5.74) is 0. The van der Waals surface area contributed by atoms with Crippen molar-refractivity contribution in [2.75, 3.05) is 6.26 Å². The topological polar surface area (TPSA) is 13.1 Å². The Morgan fingerprint density at radius 1 is 1.62 bits per heavy atom. The number of hydrogen-bond acceptors (Lipinski definition) is 2. The summed E-state index contributed by atoms with van der Waals surface area (Å²) in [5.74, 6) is 1.01. The van der Waals surface area contributed by atoms with E-state index >= 15 is 0 Å². The Bertz CT molecular complexity index is 169. The standard InChI is InChI=1S/C6H8OS/c1-5-6(8-2)3-4-7-5/h3-4H,1-2H3. The lowest BCUT2D eigenvalue weighted by Crippen LogP contribution is -1.63. The number of thioether (sulfide) groups is 1. The van der Waals surface area contributed by atoms with Crippen LogP contribution in [0, 0.1) is 6.92 Å². The van der Waals surface area contributed by atoms with Gasteiger partial charge in [0.15, 0.2) is 0 Å². The van der Waals surface area contributed by atoms with Gasteiger partial charge in [0.05, 0.1) is 6.26 Å². The highest BCUT2D eigenvalue weighted by atomic mass is 32.2. The Labute approximate surface area is 53.1 Å². The van der Waals surface area contributed by atoms with E-state index in [-0.39, 0.29) is 0 Å². The first-order chi connectivity index (χ1) is 3.84. The molecule has 2 heteroatoms. The van der Waals surface area contributed by atoms with Crippen LogP contribution in [0.2, 0.25) is 0 Å². The Morgan fingerprint density at radius 2 is 2.38 bits per heavy atom. The number of hydrogen-bond donors (Lipinski definition) is 0. The maximum absolute atomic E-state index is 5.03. The second kappa shape index (κ2) is 2.27. The zero-order valence-corrected chi connectivity index (χ0v) is 5.79. The molecule has 1 rings (SSSR count). The minimum absolute atomic E-state index is 1.01. The molecule has 1 nitrogen and oxygen atoms in total. The van der Waals surface area contributed by atoms with Crippen molar-refractivity contribution in [2.24, 2.45) is 0 Å². The van der Waals surface area contributed by atoms with Gasteiger partial charge in [0.2, 0.25) is 0 Å². The largest absolute Gasteiger partial charge is 0.468 e. The number of furan rings is 1. The average molecular weight is 128 g/mol. The van der Waals surface area contributed by atoms with E-state index in [9.17, 15) is 0 Å². The number of aryl methyl sites for hydroxylation is 1. The molecule has 0 bridgehead atoms. The molecule has 0 saturated carbocycles. The van der Waals surface area contributed by atoms with Crippen molar-refractivity contribution in [1.82, 2.24) is 0 Å². The van der Waals surface area contributed by atoms with Crippen molar-refractivity contribution >= 4 is 11.8 Å². The van der Waals surface area contributed by atoms with E-state index < -0.39 is 0 Å². The van der Waals surface area contributed by atoms with Crippen molar-refractivity contribution in [3.63, 3.8) is 0 Å². The lowest BCUT2D eigenvalue weighted by molar-refractivity contribution is 0.527. The van der Waals surface area contributed by atoms with Gasteiger partial charge in [0.25, 0.3) is 0 Å². The summed E-state index contributed by atoms with van der Waals surface area (Å²) >= 11 is 1.71. The molecule has 0 aromatic carbocycles. The van der Waals surface area contributed by atoms with Gasteiger partial charge in [0.1, 0.15) is 5.76 Å². The summed E-state index contributed by atoms with van der Waals surface area (Å²) in [7, 11) is 0. The summed E-state index contributed by atoms with van der Waals surface area (Å²) in [6, 6.07) is 1.97. The van der Waals surface area contributed by atoms with Gasteiger partial charge in [0, 0.05) is 4.90 Å². The van der Waals surface area contributed by atoms with Crippen molar-refractivity contribution in [3.05, 3.63) is 18.1 Å². The molecular formula is C6H8OS. The molecule has 0 aliphatic rings. The van der Waals surface area contributed by atoms with Crippen LogP contribution in [-0.2, 0) is 0 Å². The van der Waals surface area contributed by atoms with E-state index in [4.69, 9.17) is 4.42 Å². The Balaban J connectivity index is 2.92. The molecule has 0 amide bonds. The minimum atomic E-state index is 1.01. The summed E-state index contributed by atoms with van der Waals surface area (Å²) in [4.78, 5) is 1.23. The third-order valence-corrected chi connectivity index (χ3v) is 1.89. The highest BCUT2D eigenvalue weighted by molar-refractivity contribution is 7.98. The molecule has 0 saturated heterocycles.